The number of benzene rings is 3. The van der Waals surface area contributed by atoms with Crippen LogP contribution in [0.2, 0.25) is 0 Å². The molecule has 0 bridgehead atoms. The van der Waals surface area contributed by atoms with Crippen LogP contribution in [-0.2, 0) is 4.79 Å². The third kappa shape index (κ3) is 3.53. The molecular weight excluding hydrogens is 317 g/mol. The van der Waals surface area contributed by atoms with Gasteiger partial charge in [-0.3, -0.25) is 4.79 Å². The summed E-state index contributed by atoms with van der Waals surface area (Å²) in [4.78, 5) is 11.0. The number of carboxylic acids is 1. The molecule has 0 saturated heterocycles. The van der Waals surface area contributed by atoms with Crippen molar-refractivity contribution in [1.82, 2.24) is 0 Å². The van der Waals surface area contributed by atoms with Gasteiger partial charge in [-0.05, 0) is 29.4 Å². The van der Waals surface area contributed by atoms with Gasteiger partial charge in [0.2, 0.25) is 0 Å². The van der Waals surface area contributed by atoms with E-state index >= 15 is 0 Å². The van der Waals surface area contributed by atoms with Gasteiger partial charge in [-0.15, -0.1) is 0 Å². The Morgan fingerprint density at radius 3 is 1.58 bits per heavy atom. The van der Waals surface area contributed by atoms with E-state index in [4.69, 9.17) is 10.8 Å². The molecule has 0 heterocycles. The molecule has 3 aromatic rings. The second-order valence-corrected chi connectivity index (χ2v) is 7.63. The topological polar surface area (TPSA) is 63.3 Å². The Morgan fingerprint density at radius 1 is 0.750 bits per heavy atom. The summed E-state index contributed by atoms with van der Waals surface area (Å²) in [5.74, 6) is -1.02. The average molecular weight is 335 g/mol. The van der Waals surface area contributed by atoms with Gasteiger partial charge in [-0.2, -0.15) is 0 Å². The van der Waals surface area contributed by atoms with Crippen molar-refractivity contribution in [1.29, 1.82) is 0 Å². The van der Waals surface area contributed by atoms with E-state index in [-0.39, 0.29) is 0 Å². The molecule has 1 atom stereocenters. The molecule has 0 spiro atoms. The zero-order valence-corrected chi connectivity index (χ0v) is 13.9. The average Bonchev–Trinajstić information content (AvgIpc) is 2.64. The van der Waals surface area contributed by atoms with Crippen LogP contribution in [-0.4, -0.2) is 11.1 Å². The molecule has 3 N–H and O–H groups in total. The summed E-state index contributed by atoms with van der Waals surface area (Å²) in [6, 6.07) is 27.4. The van der Waals surface area contributed by atoms with Crippen molar-refractivity contribution >= 4 is 29.8 Å². The van der Waals surface area contributed by atoms with Crippen molar-refractivity contribution in [2.24, 2.45) is 5.73 Å². The van der Waals surface area contributed by atoms with E-state index in [9.17, 15) is 4.79 Å². The first-order valence-corrected chi connectivity index (χ1v) is 8.99. The third-order valence-corrected chi connectivity index (χ3v) is 6.25. The van der Waals surface area contributed by atoms with Gasteiger partial charge in [0.05, 0.1) is 0 Å². The maximum atomic E-state index is 11.0. The molecule has 0 radical (unpaired) electrons. The summed E-state index contributed by atoms with van der Waals surface area (Å²) in [5, 5.41) is 12.7. The van der Waals surface area contributed by atoms with Gasteiger partial charge in [0, 0.05) is 0 Å². The van der Waals surface area contributed by atoms with Crippen LogP contribution < -0.4 is 21.6 Å². The van der Waals surface area contributed by atoms with Crippen molar-refractivity contribution in [3.05, 3.63) is 90.5 Å². The van der Waals surface area contributed by atoms with E-state index in [0.29, 0.717) is 5.56 Å². The predicted molar refractivity (Wildman–Crippen MR) is 99.7 cm³/mol. The zero-order valence-electron chi connectivity index (χ0n) is 13.0. The second kappa shape index (κ2) is 7.39. The van der Waals surface area contributed by atoms with Gasteiger partial charge in [0.15, 0.2) is 0 Å². The van der Waals surface area contributed by atoms with E-state index in [1.807, 2.05) is 60.7 Å². The van der Waals surface area contributed by atoms with Crippen molar-refractivity contribution in [3.8, 4) is 0 Å². The molecule has 3 rings (SSSR count). The van der Waals surface area contributed by atoms with Crippen molar-refractivity contribution < 1.29 is 9.90 Å². The first kappa shape index (κ1) is 16.4. The molecule has 3 nitrogen and oxygen atoms in total. The highest BCUT2D eigenvalue weighted by molar-refractivity contribution is 7.79. The maximum Gasteiger partial charge on any atom is 0.325 e. The summed E-state index contributed by atoms with van der Waals surface area (Å²) >= 11 is 0. The van der Waals surface area contributed by atoms with Crippen molar-refractivity contribution in [3.63, 3.8) is 0 Å². The fourth-order valence-corrected chi connectivity index (χ4v) is 4.86. The smallest absolute Gasteiger partial charge is 0.325 e. The highest BCUT2D eigenvalue weighted by Gasteiger charge is 2.18. The second-order valence-electron chi connectivity index (χ2n) is 5.41. The van der Waals surface area contributed by atoms with Crippen LogP contribution in [0.3, 0.4) is 0 Å². The van der Waals surface area contributed by atoms with Crippen LogP contribution >= 0.6 is 7.92 Å². The summed E-state index contributed by atoms with van der Waals surface area (Å²) in [5.41, 5.74) is 6.31. The SMILES string of the molecule is N[C@@H](C(=O)O)c1ccc(P(c2ccccc2)c2ccccc2)cc1. The first-order chi connectivity index (χ1) is 11.7. The van der Waals surface area contributed by atoms with Crippen LogP contribution in [0.25, 0.3) is 0 Å². The molecule has 0 amide bonds. The van der Waals surface area contributed by atoms with Crippen molar-refractivity contribution in [2.75, 3.05) is 0 Å². The predicted octanol–water partition coefficient (Wildman–Crippen LogP) is 2.53. The van der Waals surface area contributed by atoms with E-state index in [1.165, 1.54) is 15.9 Å². The van der Waals surface area contributed by atoms with Crippen LogP contribution in [0.5, 0.6) is 0 Å². The molecule has 0 saturated carbocycles. The number of nitrogens with two attached hydrogens (primary N) is 1. The molecule has 0 aromatic heterocycles. The van der Waals surface area contributed by atoms with Gasteiger partial charge >= 0.3 is 5.97 Å². The molecule has 120 valence electrons. The highest BCUT2D eigenvalue weighted by Crippen LogP contribution is 2.32. The molecule has 0 aliphatic rings. The molecule has 0 aliphatic carbocycles. The number of hydrogen-bond acceptors (Lipinski definition) is 2. The lowest BCUT2D eigenvalue weighted by molar-refractivity contribution is -0.138. The van der Waals surface area contributed by atoms with Gasteiger partial charge in [0.25, 0.3) is 0 Å². The third-order valence-electron chi connectivity index (χ3n) is 3.81. The van der Waals surface area contributed by atoms with Crippen LogP contribution in [0, 0.1) is 0 Å². The summed E-state index contributed by atoms with van der Waals surface area (Å²) in [6.45, 7) is 0. The molecule has 0 aliphatic heterocycles. The van der Waals surface area contributed by atoms with Crippen LogP contribution in [0.15, 0.2) is 84.9 Å². The number of hydrogen-bond donors (Lipinski definition) is 2. The normalized spacial score (nSPS) is 12.1. The number of rotatable bonds is 5. The largest absolute Gasteiger partial charge is 0.480 e. The molecular formula is C20H18NO2P. The number of aliphatic carboxylic acids is 1. The Hall–Kier alpha value is -2.48. The minimum atomic E-state index is -1.02. The number of carboxylic acid groups (broad SMARTS) is 1. The van der Waals surface area contributed by atoms with Crippen LogP contribution in [0.1, 0.15) is 11.6 Å². The fraction of sp³-hybridized carbons (Fsp3) is 0.0500. The van der Waals surface area contributed by atoms with Gasteiger partial charge < -0.3 is 10.8 Å². The Balaban J connectivity index is 2.02. The highest BCUT2D eigenvalue weighted by atomic mass is 31.1. The van der Waals surface area contributed by atoms with Gasteiger partial charge in [-0.1, -0.05) is 84.9 Å². The Labute approximate surface area is 142 Å². The molecule has 0 unspecified atom stereocenters. The molecule has 24 heavy (non-hydrogen) atoms. The maximum absolute atomic E-state index is 11.0. The van der Waals surface area contributed by atoms with E-state index in [2.05, 4.69) is 24.3 Å². The van der Waals surface area contributed by atoms with E-state index in [1.54, 1.807) is 0 Å². The van der Waals surface area contributed by atoms with E-state index < -0.39 is 19.9 Å². The number of carbonyl (C=O) groups is 1. The first-order valence-electron chi connectivity index (χ1n) is 7.65. The summed E-state index contributed by atoms with van der Waals surface area (Å²) in [7, 11) is -0.681. The minimum absolute atomic E-state index is 0.613. The Kier molecular flexibility index (Phi) is 5.05. The summed E-state index contributed by atoms with van der Waals surface area (Å²) < 4.78 is 0. The van der Waals surface area contributed by atoms with E-state index in [0.717, 1.165) is 0 Å². The Bertz CT molecular complexity index is 765. The standard InChI is InChI=1S/C20H18NO2P/c21-19(20(22)23)15-11-13-18(14-12-15)24(16-7-3-1-4-8-16)17-9-5-2-6-10-17/h1-14,19H,21H2,(H,22,23)/t19-/m1/s1. The summed E-state index contributed by atoms with van der Waals surface area (Å²) in [6.07, 6.45) is 0. The molecule has 0 fully saturated rings. The minimum Gasteiger partial charge on any atom is -0.480 e. The fourth-order valence-electron chi connectivity index (χ4n) is 2.57. The lowest BCUT2D eigenvalue weighted by Crippen LogP contribution is -2.23. The quantitative estimate of drug-likeness (QED) is 0.704. The zero-order chi connectivity index (χ0) is 16.9. The van der Waals surface area contributed by atoms with Crippen molar-refractivity contribution in [2.45, 2.75) is 6.04 Å². The Morgan fingerprint density at radius 2 is 1.17 bits per heavy atom. The molecule has 4 heteroatoms. The lowest BCUT2D eigenvalue weighted by atomic mass is 10.1. The lowest BCUT2D eigenvalue weighted by Gasteiger charge is -2.20. The van der Waals surface area contributed by atoms with Crippen LogP contribution in [0.4, 0.5) is 0 Å². The molecule has 3 aromatic carbocycles. The van der Waals surface area contributed by atoms with Gasteiger partial charge in [-0.25, -0.2) is 0 Å². The monoisotopic (exact) mass is 335 g/mol. The van der Waals surface area contributed by atoms with Gasteiger partial charge in [0.1, 0.15) is 6.04 Å².